The largest absolute Gasteiger partial charge is 0.317 e. The third-order valence-electron chi connectivity index (χ3n) is 3.49. The maximum absolute atomic E-state index is 3.51. The van der Waals surface area contributed by atoms with E-state index in [0.717, 1.165) is 17.9 Å². The number of hydrogen-bond acceptors (Lipinski definition) is 2. The first-order valence-corrected chi connectivity index (χ1v) is 6.80. The first kappa shape index (κ1) is 9.85. The molecule has 1 heterocycles. The van der Waals surface area contributed by atoms with Crippen LogP contribution in [0.4, 0.5) is 0 Å². The maximum atomic E-state index is 3.51. The molecule has 1 saturated carbocycles. The molecule has 2 aliphatic rings. The topological polar surface area (TPSA) is 12.0 Å². The lowest BCUT2D eigenvalue weighted by Gasteiger charge is -2.22. The van der Waals surface area contributed by atoms with Gasteiger partial charge in [0.2, 0.25) is 0 Å². The second-order valence-corrected chi connectivity index (χ2v) is 5.69. The lowest BCUT2D eigenvalue weighted by atomic mass is 9.94. The highest BCUT2D eigenvalue weighted by molar-refractivity contribution is 7.99. The van der Waals surface area contributed by atoms with E-state index in [4.69, 9.17) is 0 Å². The molecule has 1 nitrogen and oxygen atoms in total. The Labute approximate surface area is 86.0 Å². The molecule has 2 fully saturated rings. The molecule has 0 aromatic heterocycles. The first-order chi connectivity index (χ1) is 6.40. The van der Waals surface area contributed by atoms with Gasteiger partial charge in [0.25, 0.3) is 0 Å². The molecular weight excluding hydrogens is 178 g/mol. The van der Waals surface area contributed by atoms with Crippen molar-refractivity contribution in [1.29, 1.82) is 0 Å². The van der Waals surface area contributed by atoms with Crippen molar-refractivity contribution in [2.45, 2.75) is 38.1 Å². The van der Waals surface area contributed by atoms with E-state index >= 15 is 0 Å². The lowest BCUT2D eigenvalue weighted by molar-refractivity contribution is 0.369. The Morgan fingerprint density at radius 3 is 2.77 bits per heavy atom. The van der Waals surface area contributed by atoms with Crippen LogP contribution in [-0.4, -0.2) is 24.6 Å². The Morgan fingerprint density at radius 2 is 2.23 bits per heavy atom. The monoisotopic (exact) mass is 199 g/mol. The van der Waals surface area contributed by atoms with Gasteiger partial charge in [-0.3, -0.25) is 0 Å². The van der Waals surface area contributed by atoms with Gasteiger partial charge in [-0.15, -0.1) is 0 Å². The zero-order valence-electron chi connectivity index (χ0n) is 8.59. The van der Waals surface area contributed by atoms with Crippen LogP contribution in [0.1, 0.15) is 32.1 Å². The summed E-state index contributed by atoms with van der Waals surface area (Å²) in [5.41, 5.74) is 0. The maximum Gasteiger partial charge on any atom is 0.0101 e. The standard InChI is InChI=1S/C11H21NS/c1-12-11(5-4-9-2-3-9)10-6-7-13-8-10/h9-12H,2-8H2,1H3. The predicted octanol–water partition coefficient (Wildman–Crippen LogP) is 2.52. The van der Waals surface area contributed by atoms with Gasteiger partial charge in [-0.25, -0.2) is 0 Å². The average Bonchev–Trinajstić information content (AvgIpc) is 2.81. The van der Waals surface area contributed by atoms with Crippen LogP contribution in [0.25, 0.3) is 0 Å². The van der Waals surface area contributed by atoms with Crippen LogP contribution in [0.15, 0.2) is 0 Å². The van der Waals surface area contributed by atoms with E-state index < -0.39 is 0 Å². The van der Waals surface area contributed by atoms with Gasteiger partial charge in [0.1, 0.15) is 0 Å². The van der Waals surface area contributed by atoms with Gasteiger partial charge in [0.05, 0.1) is 0 Å². The Kier molecular flexibility index (Phi) is 3.56. The van der Waals surface area contributed by atoms with Crippen LogP contribution >= 0.6 is 11.8 Å². The summed E-state index contributed by atoms with van der Waals surface area (Å²) in [6, 6.07) is 0.815. The van der Waals surface area contributed by atoms with Crippen molar-refractivity contribution >= 4 is 11.8 Å². The van der Waals surface area contributed by atoms with Gasteiger partial charge in [-0.2, -0.15) is 11.8 Å². The average molecular weight is 199 g/mol. The van der Waals surface area contributed by atoms with Gasteiger partial charge < -0.3 is 5.32 Å². The van der Waals surface area contributed by atoms with Crippen molar-refractivity contribution in [3.05, 3.63) is 0 Å². The van der Waals surface area contributed by atoms with Crippen molar-refractivity contribution in [2.24, 2.45) is 11.8 Å². The second kappa shape index (κ2) is 4.70. The van der Waals surface area contributed by atoms with Crippen LogP contribution in [0.3, 0.4) is 0 Å². The van der Waals surface area contributed by atoms with Gasteiger partial charge >= 0.3 is 0 Å². The van der Waals surface area contributed by atoms with Crippen LogP contribution in [0.5, 0.6) is 0 Å². The fraction of sp³-hybridized carbons (Fsp3) is 1.00. The minimum atomic E-state index is 0.815. The van der Waals surface area contributed by atoms with E-state index in [1.54, 1.807) is 0 Å². The van der Waals surface area contributed by atoms with E-state index in [1.165, 1.54) is 43.6 Å². The fourth-order valence-corrected chi connectivity index (χ4v) is 3.65. The third-order valence-corrected chi connectivity index (χ3v) is 4.68. The summed E-state index contributed by atoms with van der Waals surface area (Å²) in [5, 5.41) is 3.51. The number of nitrogens with one attached hydrogen (secondary N) is 1. The van der Waals surface area contributed by atoms with E-state index in [-0.39, 0.29) is 0 Å². The summed E-state index contributed by atoms with van der Waals surface area (Å²) >= 11 is 2.14. The smallest absolute Gasteiger partial charge is 0.0101 e. The molecule has 0 spiro atoms. The zero-order chi connectivity index (χ0) is 9.10. The van der Waals surface area contributed by atoms with Gasteiger partial charge in [0.15, 0.2) is 0 Å². The summed E-state index contributed by atoms with van der Waals surface area (Å²) in [4.78, 5) is 0. The quantitative estimate of drug-likeness (QED) is 0.730. The Balaban J connectivity index is 1.70. The van der Waals surface area contributed by atoms with Gasteiger partial charge in [-0.05, 0) is 49.7 Å². The van der Waals surface area contributed by atoms with Crippen LogP contribution in [-0.2, 0) is 0 Å². The normalized spacial score (nSPS) is 30.7. The Bertz CT molecular complexity index is 150. The minimum absolute atomic E-state index is 0.815. The lowest BCUT2D eigenvalue weighted by Crippen LogP contribution is -2.33. The molecule has 1 aliphatic carbocycles. The minimum Gasteiger partial charge on any atom is -0.317 e. The predicted molar refractivity (Wildman–Crippen MR) is 60.2 cm³/mol. The summed E-state index contributed by atoms with van der Waals surface area (Å²) in [6.45, 7) is 0. The third kappa shape index (κ3) is 2.88. The van der Waals surface area contributed by atoms with Crippen LogP contribution in [0, 0.1) is 11.8 Å². The number of hydrogen-bond donors (Lipinski definition) is 1. The van der Waals surface area contributed by atoms with Crippen molar-refractivity contribution in [3.63, 3.8) is 0 Å². The molecule has 2 atom stereocenters. The number of thioether (sulfide) groups is 1. The van der Waals surface area contributed by atoms with Crippen LogP contribution in [0.2, 0.25) is 0 Å². The van der Waals surface area contributed by atoms with Crippen molar-refractivity contribution < 1.29 is 0 Å². The Hall–Kier alpha value is 0.310. The second-order valence-electron chi connectivity index (χ2n) is 4.54. The molecule has 0 aromatic carbocycles. The molecule has 76 valence electrons. The van der Waals surface area contributed by atoms with E-state index in [2.05, 4.69) is 24.1 Å². The first-order valence-electron chi connectivity index (χ1n) is 5.65. The molecule has 0 bridgehead atoms. The van der Waals surface area contributed by atoms with Gasteiger partial charge in [0, 0.05) is 6.04 Å². The summed E-state index contributed by atoms with van der Waals surface area (Å²) in [5.74, 6) is 4.86. The molecule has 13 heavy (non-hydrogen) atoms. The van der Waals surface area contributed by atoms with E-state index in [0.29, 0.717) is 0 Å². The molecule has 0 aromatic rings. The zero-order valence-corrected chi connectivity index (χ0v) is 9.41. The SMILES string of the molecule is CNC(CCC1CC1)C1CCSC1. The summed E-state index contributed by atoms with van der Waals surface area (Å²) in [7, 11) is 2.14. The van der Waals surface area contributed by atoms with Crippen LogP contribution < -0.4 is 5.32 Å². The summed E-state index contributed by atoms with van der Waals surface area (Å²) < 4.78 is 0. The van der Waals surface area contributed by atoms with E-state index in [9.17, 15) is 0 Å². The summed E-state index contributed by atoms with van der Waals surface area (Å²) in [6.07, 6.45) is 7.37. The molecule has 1 N–H and O–H groups in total. The van der Waals surface area contributed by atoms with Crippen molar-refractivity contribution in [3.8, 4) is 0 Å². The van der Waals surface area contributed by atoms with Crippen molar-refractivity contribution in [1.82, 2.24) is 5.32 Å². The number of rotatable bonds is 5. The molecule has 2 unspecified atom stereocenters. The fourth-order valence-electron chi connectivity index (χ4n) is 2.31. The highest BCUT2D eigenvalue weighted by Gasteiger charge is 2.27. The molecule has 1 aliphatic heterocycles. The molecule has 2 rings (SSSR count). The highest BCUT2D eigenvalue weighted by atomic mass is 32.2. The molecule has 2 heteroatoms. The van der Waals surface area contributed by atoms with Crippen molar-refractivity contribution in [2.75, 3.05) is 18.6 Å². The highest BCUT2D eigenvalue weighted by Crippen LogP contribution is 2.36. The molecular formula is C11H21NS. The Morgan fingerprint density at radius 1 is 1.38 bits per heavy atom. The van der Waals surface area contributed by atoms with Gasteiger partial charge in [-0.1, -0.05) is 12.8 Å². The molecule has 1 saturated heterocycles. The molecule has 0 amide bonds. The van der Waals surface area contributed by atoms with E-state index in [1.807, 2.05) is 0 Å². The molecule has 0 radical (unpaired) electrons.